The maximum atomic E-state index is 4.42. The Labute approximate surface area is 106 Å². The lowest BCUT2D eigenvalue weighted by atomic mass is 10.3. The van der Waals surface area contributed by atoms with Crippen LogP contribution in [0.2, 0.25) is 0 Å². The molecule has 0 amide bonds. The van der Waals surface area contributed by atoms with Crippen LogP contribution in [-0.4, -0.2) is 16.2 Å². The van der Waals surface area contributed by atoms with Gasteiger partial charge in [-0.05, 0) is 31.2 Å². The van der Waals surface area contributed by atoms with Crippen LogP contribution in [0.1, 0.15) is 6.92 Å². The van der Waals surface area contributed by atoms with Crippen molar-refractivity contribution in [3.8, 4) is 0 Å². The third-order valence-electron chi connectivity index (χ3n) is 3.05. The predicted molar refractivity (Wildman–Crippen MR) is 74.6 cm³/mol. The maximum Gasteiger partial charge on any atom is 0.147 e. The van der Waals surface area contributed by atoms with Gasteiger partial charge in [0.05, 0.1) is 5.52 Å². The Hall–Kier alpha value is -2.29. The van der Waals surface area contributed by atoms with Crippen LogP contribution >= 0.6 is 0 Å². The minimum atomic E-state index is 0.871. The number of nitrogens with zero attached hydrogens (tertiary/aromatic N) is 3. The lowest BCUT2D eigenvalue weighted by molar-refractivity contribution is 0.726. The van der Waals surface area contributed by atoms with Crippen molar-refractivity contribution >= 4 is 16.7 Å². The van der Waals surface area contributed by atoms with Crippen LogP contribution in [0.25, 0.3) is 10.9 Å². The molecule has 0 aliphatic rings. The Morgan fingerprint density at radius 3 is 2.67 bits per heavy atom. The minimum absolute atomic E-state index is 0.871. The topological polar surface area (TPSA) is 21.1 Å². The largest absolute Gasteiger partial charge is 0.264 e. The van der Waals surface area contributed by atoms with E-state index in [2.05, 4.69) is 58.1 Å². The summed E-state index contributed by atoms with van der Waals surface area (Å²) in [7, 11) is 0. The van der Waals surface area contributed by atoms with Crippen LogP contribution in [0.5, 0.6) is 0 Å². The van der Waals surface area contributed by atoms with Crippen LogP contribution in [0, 0.1) is 0 Å². The summed E-state index contributed by atoms with van der Waals surface area (Å²) in [6.07, 6.45) is 3.91. The monoisotopic (exact) mass is 237 g/mol. The van der Waals surface area contributed by atoms with Crippen molar-refractivity contribution in [2.75, 3.05) is 11.6 Å². The van der Waals surface area contributed by atoms with Gasteiger partial charge in [0.25, 0.3) is 0 Å². The number of aromatic nitrogens is 2. The van der Waals surface area contributed by atoms with E-state index in [0.717, 1.165) is 12.4 Å². The van der Waals surface area contributed by atoms with Gasteiger partial charge in [0, 0.05) is 24.3 Å². The van der Waals surface area contributed by atoms with Gasteiger partial charge in [-0.15, -0.1) is 0 Å². The molecule has 0 aliphatic carbocycles. The zero-order chi connectivity index (χ0) is 12.4. The van der Waals surface area contributed by atoms with E-state index in [-0.39, 0.29) is 0 Å². The first-order valence-electron chi connectivity index (χ1n) is 6.15. The van der Waals surface area contributed by atoms with Gasteiger partial charge >= 0.3 is 0 Å². The lowest BCUT2D eigenvalue weighted by Crippen LogP contribution is -2.29. The second kappa shape index (κ2) is 4.53. The van der Waals surface area contributed by atoms with Crippen molar-refractivity contribution in [1.29, 1.82) is 0 Å². The molecule has 3 rings (SSSR count). The Morgan fingerprint density at radius 1 is 1.06 bits per heavy atom. The number of anilines is 1. The molecule has 18 heavy (non-hydrogen) atoms. The summed E-state index contributed by atoms with van der Waals surface area (Å²) in [5.74, 6) is 0.960. The highest BCUT2D eigenvalue weighted by Gasteiger charge is 2.09. The zero-order valence-electron chi connectivity index (χ0n) is 10.3. The van der Waals surface area contributed by atoms with E-state index in [0.29, 0.717) is 0 Å². The minimum Gasteiger partial charge on any atom is -0.264 e. The Bertz CT molecular complexity index is 643. The van der Waals surface area contributed by atoms with Gasteiger partial charge in [-0.1, -0.05) is 24.3 Å². The van der Waals surface area contributed by atoms with E-state index < -0.39 is 0 Å². The molecule has 3 aromatic rings. The van der Waals surface area contributed by atoms with Crippen LogP contribution < -0.4 is 5.01 Å². The summed E-state index contributed by atoms with van der Waals surface area (Å²) in [5.41, 5.74) is 1.20. The predicted octanol–water partition coefficient (Wildman–Crippen LogP) is 3.33. The smallest absolute Gasteiger partial charge is 0.147 e. The highest BCUT2D eigenvalue weighted by atomic mass is 15.6. The van der Waals surface area contributed by atoms with Crippen LogP contribution in [0.4, 0.5) is 5.82 Å². The number of hydrogen-bond acceptors (Lipinski definition) is 2. The molecule has 1 aromatic carbocycles. The van der Waals surface area contributed by atoms with Gasteiger partial charge in [0.15, 0.2) is 0 Å². The maximum absolute atomic E-state index is 4.42. The van der Waals surface area contributed by atoms with E-state index in [1.54, 1.807) is 0 Å². The molecule has 0 fully saturated rings. The number of para-hydroxylation sites is 1. The molecular formula is C15H15N3. The summed E-state index contributed by atoms with van der Waals surface area (Å²) in [6.45, 7) is 3.00. The molecule has 2 heterocycles. The first-order chi connectivity index (χ1) is 8.90. The number of benzene rings is 1. The fourth-order valence-corrected chi connectivity index (χ4v) is 2.21. The molecule has 90 valence electrons. The van der Waals surface area contributed by atoms with Gasteiger partial charge in [-0.3, -0.25) is 9.69 Å². The Balaban J connectivity index is 2.12. The highest BCUT2D eigenvalue weighted by Crippen LogP contribution is 2.19. The molecule has 3 heteroatoms. The van der Waals surface area contributed by atoms with Crippen molar-refractivity contribution in [2.24, 2.45) is 0 Å². The second-order valence-corrected chi connectivity index (χ2v) is 4.12. The Kier molecular flexibility index (Phi) is 2.73. The van der Waals surface area contributed by atoms with Gasteiger partial charge in [0.1, 0.15) is 5.82 Å². The normalized spacial score (nSPS) is 10.7. The van der Waals surface area contributed by atoms with Crippen molar-refractivity contribution in [1.82, 2.24) is 9.66 Å². The molecule has 0 saturated carbocycles. The average Bonchev–Trinajstić information content (AvgIpc) is 2.85. The molecule has 0 atom stereocenters. The fraction of sp³-hybridized carbons (Fsp3) is 0.133. The lowest BCUT2D eigenvalue weighted by Gasteiger charge is -2.24. The summed E-state index contributed by atoms with van der Waals surface area (Å²) in [4.78, 5) is 4.42. The van der Waals surface area contributed by atoms with Gasteiger partial charge < -0.3 is 0 Å². The van der Waals surface area contributed by atoms with E-state index in [9.17, 15) is 0 Å². The molecule has 0 saturated heterocycles. The van der Waals surface area contributed by atoms with Crippen LogP contribution in [0.15, 0.2) is 60.9 Å². The van der Waals surface area contributed by atoms with Crippen LogP contribution in [0.3, 0.4) is 0 Å². The van der Waals surface area contributed by atoms with Crippen molar-refractivity contribution in [2.45, 2.75) is 6.92 Å². The van der Waals surface area contributed by atoms with Gasteiger partial charge in [-0.25, -0.2) is 4.98 Å². The number of rotatable bonds is 3. The van der Waals surface area contributed by atoms with Crippen molar-refractivity contribution in [3.63, 3.8) is 0 Å². The summed E-state index contributed by atoms with van der Waals surface area (Å²) in [5, 5.41) is 3.40. The number of fused-ring (bicyclic) bond motifs is 1. The molecule has 2 aromatic heterocycles. The standard InChI is InChI=1S/C15H15N3/c1-2-17(15-9-5-6-11-16-15)18-12-10-13-7-3-4-8-14(13)18/h3-12H,2H2,1H3. The highest BCUT2D eigenvalue weighted by molar-refractivity contribution is 5.80. The molecule has 0 aliphatic heterocycles. The van der Waals surface area contributed by atoms with E-state index in [1.807, 2.05) is 24.4 Å². The molecule has 0 radical (unpaired) electrons. The van der Waals surface area contributed by atoms with E-state index in [4.69, 9.17) is 0 Å². The first-order valence-corrected chi connectivity index (χ1v) is 6.15. The van der Waals surface area contributed by atoms with E-state index >= 15 is 0 Å². The average molecular weight is 237 g/mol. The molecule has 0 N–H and O–H groups in total. The number of pyridine rings is 1. The van der Waals surface area contributed by atoms with Crippen LogP contribution in [-0.2, 0) is 0 Å². The summed E-state index contributed by atoms with van der Waals surface area (Å²) < 4.78 is 2.15. The van der Waals surface area contributed by atoms with Gasteiger partial charge in [0.2, 0.25) is 0 Å². The molecule has 0 unspecified atom stereocenters. The SMILES string of the molecule is CCN(c1ccccn1)n1ccc2ccccc21. The fourth-order valence-electron chi connectivity index (χ4n) is 2.21. The third kappa shape index (κ3) is 1.74. The van der Waals surface area contributed by atoms with E-state index in [1.165, 1.54) is 10.9 Å². The van der Waals surface area contributed by atoms with Gasteiger partial charge in [-0.2, -0.15) is 0 Å². The summed E-state index contributed by atoms with van der Waals surface area (Å²) >= 11 is 0. The Morgan fingerprint density at radius 2 is 1.89 bits per heavy atom. The first kappa shape index (κ1) is 10.8. The molecule has 0 bridgehead atoms. The molecule has 3 nitrogen and oxygen atoms in total. The van der Waals surface area contributed by atoms with Crippen molar-refractivity contribution < 1.29 is 0 Å². The second-order valence-electron chi connectivity index (χ2n) is 4.12. The number of hydrogen-bond donors (Lipinski definition) is 0. The quantitative estimate of drug-likeness (QED) is 0.696. The summed E-state index contributed by atoms with van der Waals surface area (Å²) in [6, 6.07) is 16.5. The zero-order valence-corrected chi connectivity index (χ0v) is 10.3. The molecular weight excluding hydrogens is 222 g/mol. The molecule has 0 spiro atoms. The third-order valence-corrected chi connectivity index (χ3v) is 3.05. The van der Waals surface area contributed by atoms with Crippen molar-refractivity contribution in [3.05, 3.63) is 60.9 Å².